The molecule has 1 aliphatic heterocycles. The lowest BCUT2D eigenvalue weighted by atomic mass is 10.1. The van der Waals surface area contributed by atoms with E-state index in [1.807, 2.05) is 24.3 Å². The van der Waals surface area contributed by atoms with Crippen molar-refractivity contribution in [3.8, 4) is 5.75 Å². The summed E-state index contributed by atoms with van der Waals surface area (Å²) in [6.07, 6.45) is 2.20. The summed E-state index contributed by atoms with van der Waals surface area (Å²) in [7, 11) is 0. The minimum atomic E-state index is 0.0336. The number of hydrogen-bond donors (Lipinski definition) is 2. The van der Waals surface area contributed by atoms with Crippen molar-refractivity contribution < 1.29 is 9.90 Å². The number of nitrogens with zero attached hydrogens (tertiary/aromatic N) is 2. The third kappa shape index (κ3) is 4.99. The normalized spacial score (nSPS) is 15.0. The van der Waals surface area contributed by atoms with Gasteiger partial charge in [0, 0.05) is 37.6 Å². The molecule has 2 aromatic carbocycles. The average molecular weight is 353 g/mol. The zero-order valence-electron chi connectivity index (χ0n) is 15.3. The summed E-state index contributed by atoms with van der Waals surface area (Å²) in [6, 6.07) is 15.4. The largest absolute Gasteiger partial charge is 0.508 e. The van der Waals surface area contributed by atoms with Gasteiger partial charge in [-0.2, -0.15) is 0 Å². The Hall–Kier alpha value is -2.53. The Morgan fingerprint density at radius 2 is 1.65 bits per heavy atom. The monoisotopic (exact) mass is 353 g/mol. The van der Waals surface area contributed by atoms with Gasteiger partial charge >= 0.3 is 0 Å². The van der Waals surface area contributed by atoms with E-state index in [2.05, 4.69) is 34.2 Å². The molecule has 0 aromatic heterocycles. The van der Waals surface area contributed by atoms with Crippen LogP contribution >= 0.6 is 0 Å². The van der Waals surface area contributed by atoms with Crippen LogP contribution in [0.1, 0.15) is 18.9 Å². The molecule has 1 amide bonds. The lowest BCUT2D eigenvalue weighted by molar-refractivity contribution is -0.117. The number of carbonyl (C=O) groups excluding carboxylic acids is 1. The predicted molar refractivity (Wildman–Crippen MR) is 106 cm³/mol. The minimum absolute atomic E-state index is 0.0336. The molecule has 0 unspecified atom stereocenters. The van der Waals surface area contributed by atoms with Gasteiger partial charge in [0.15, 0.2) is 0 Å². The van der Waals surface area contributed by atoms with E-state index < -0.39 is 0 Å². The Kier molecular flexibility index (Phi) is 6.12. The van der Waals surface area contributed by atoms with Gasteiger partial charge in [0.05, 0.1) is 6.54 Å². The number of rotatable bonds is 6. The maximum atomic E-state index is 12.3. The number of hydrogen-bond acceptors (Lipinski definition) is 4. The van der Waals surface area contributed by atoms with Crippen LogP contribution in [0.5, 0.6) is 5.75 Å². The van der Waals surface area contributed by atoms with Crippen LogP contribution in [-0.2, 0) is 11.2 Å². The molecule has 5 heteroatoms. The fraction of sp³-hybridized carbons (Fsp3) is 0.381. The van der Waals surface area contributed by atoms with Crippen LogP contribution in [-0.4, -0.2) is 48.6 Å². The first-order valence-corrected chi connectivity index (χ1v) is 9.29. The Labute approximate surface area is 155 Å². The lowest BCUT2D eigenvalue weighted by Gasteiger charge is -2.35. The molecule has 0 aliphatic carbocycles. The van der Waals surface area contributed by atoms with Crippen molar-refractivity contribution in [1.29, 1.82) is 0 Å². The highest BCUT2D eigenvalue weighted by atomic mass is 16.3. The maximum absolute atomic E-state index is 12.3. The third-order valence-electron chi connectivity index (χ3n) is 4.73. The first-order chi connectivity index (χ1) is 12.6. The third-order valence-corrected chi connectivity index (χ3v) is 4.73. The average Bonchev–Trinajstić information content (AvgIpc) is 2.65. The lowest BCUT2D eigenvalue weighted by Crippen LogP contribution is -2.48. The molecule has 138 valence electrons. The summed E-state index contributed by atoms with van der Waals surface area (Å²) < 4.78 is 0. The van der Waals surface area contributed by atoms with Crippen LogP contribution in [0.25, 0.3) is 0 Å². The van der Waals surface area contributed by atoms with Crippen LogP contribution in [0.4, 0.5) is 11.4 Å². The fourth-order valence-corrected chi connectivity index (χ4v) is 3.27. The molecule has 2 N–H and O–H groups in total. The zero-order chi connectivity index (χ0) is 18.4. The van der Waals surface area contributed by atoms with E-state index in [0.717, 1.165) is 50.4 Å². The van der Waals surface area contributed by atoms with Gasteiger partial charge in [0.25, 0.3) is 0 Å². The maximum Gasteiger partial charge on any atom is 0.238 e. The van der Waals surface area contributed by atoms with Crippen molar-refractivity contribution >= 4 is 17.3 Å². The number of phenols is 1. The second-order valence-electron chi connectivity index (χ2n) is 6.77. The van der Waals surface area contributed by atoms with E-state index in [-0.39, 0.29) is 11.7 Å². The van der Waals surface area contributed by atoms with E-state index in [1.54, 1.807) is 12.1 Å². The second-order valence-corrected chi connectivity index (χ2v) is 6.77. The molecule has 1 fully saturated rings. The van der Waals surface area contributed by atoms with Crippen LogP contribution in [0.15, 0.2) is 48.5 Å². The first-order valence-electron chi connectivity index (χ1n) is 9.29. The molecule has 1 heterocycles. The first kappa shape index (κ1) is 18.3. The van der Waals surface area contributed by atoms with E-state index in [4.69, 9.17) is 0 Å². The molecule has 1 aliphatic rings. The van der Waals surface area contributed by atoms with Crippen LogP contribution < -0.4 is 10.2 Å². The van der Waals surface area contributed by atoms with Crippen LogP contribution in [0.2, 0.25) is 0 Å². The Morgan fingerprint density at radius 3 is 2.27 bits per heavy atom. The van der Waals surface area contributed by atoms with Gasteiger partial charge in [-0.1, -0.05) is 25.5 Å². The molecule has 0 spiro atoms. The summed E-state index contributed by atoms with van der Waals surface area (Å²) in [4.78, 5) is 16.7. The number of carbonyl (C=O) groups is 1. The number of phenolic OH excluding ortho intramolecular Hbond substituents is 1. The molecule has 0 radical (unpaired) electrons. The van der Waals surface area contributed by atoms with Gasteiger partial charge in [-0.25, -0.2) is 0 Å². The molecule has 3 rings (SSSR count). The summed E-state index contributed by atoms with van der Waals surface area (Å²) in [5.41, 5.74) is 3.27. The highest BCUT2D eigenvalue weighted by Gasteiger charge is 2.19. The molecular formula is C21H27N3O2. The highest BCUT2D eigenvalue weighted by molar-refractivity contribution is 5.92. The molecule has 2 aromatic rings. The van der Waals surface area contributed by atoms with Crippen molar-refractivity contribution in [2.24, 2.45) is 0 Å². The van der Waals surface area contributed by atoms with Crippen molar-refractivity contribution in [3.63, 3.8) is 0 Å². The van der Waals surface area contributed by atoms with Gasteiger partial charge in [0.1, 0.15) is 5.75 Å². The number of piperazine rings is 1. The number of aromatic hydroxyl groups is 1. The number of amides is 1. The van der Waals surface area contributed by atoms with Crippen molar-refractivity contribution in [1.82, 2.24) is 4.90 Å². The smallest absolute Gasteiger partial charge is 0.238 e. The summed E-state index contributed by atoms with van der Waals surface area (Å²) >= 11 is 0. The second kappa shape index (κ2) is 8.72. The fourth-order valence-electron chi connectivity index (χ4n) is 3.27. The van der Waals surface area contributed by atoms with Gasteiger partial charge in [-0.3, -0.25) is 9.69 Å². The van der Waals surface area contributed by atoms with E-state index in [9.17, 15) is 9.90 Å². The quantitative estimate of drug-likeness (QED) is 0.838. The molecule has 5 nitrogen and oxygen atoms in total. The van der Waals surface area contributed by atoms with Crippen LogP contribution in [0.3, 0.4) is 0 Å². The van der Waals surface area contributed by atoms with Gasteiger partial charge in [-0.15, -0.1) is 0 Å². The summed E-state index contributed by atoms with van der Waals surface area (Å²) in [5, 5.41) is 12.4. The summed E-state index contributed by atoms with van der Waals surface area (Å²) in [5.74, 6) is 0.318. The molecule has 26 heavy (non-hydrogen) atoms. The van der Waals surface area contributed by atoms with E-state index in [1.165, 1.54) is 5.56 Å². The van der Waals surface area contributed by atoms with Crippen molar-refractivity contribution in [2.75, 3.05) is 42.9 Å². The Bertz CT molecular complexity index is 705. The van der Waals surface area contributed by atoms with Gasteiger partial charge < -0.3 is 15.3 Å². The Balaban J connectivity index is 1.45. The van der Waals surface area contributed by atoms with Crippen molar-refractivity contribution in [3.05, 3.63) is 54.1 Å². The molecular weight excluding hydrogens is 326 g/mol. The van der Waals surface area contributed by atoms with Crippen molar-refractivity contribution in [2.45, 2.75) is 19.8 Å². The van der Waals surface area contributed by atoms with E-state index in [0.29, 0.717) is 6.54 Å². The van der Waals surface area contributed by atoms with Crippen LogP contribution in [0, 0.1) is 0 Å². The standard InChI is InChI=1S/C21H27N3O2/c1-2-3-17-4-6-18(7-5-17)22-21(26)16-23-12-14-24(15-13-23)19-8-10-20(25)11-9-19/h4-11,25H,2-3,12-16H2,1H3,(H,22,26). The highest BCUT2D eigenvalue weighted by Crippen LogP contribution is 2.19. The summed E-state index contributed by atoms with van der Waals surface area (Å²) in [6.45, 7) is 6.04. The number of benzene rings is 2. The number of anilines is 2. The predicted octanol–water partition coefficient (Wildman–Crippen LogP) is 3.11. The van der Waals surface area contributed by atoms with Gasteiger partial charge in [-0.05, 0) is 48.4 Å². The minimum Gasteiger partial charge on any atom is -0.508 e. The topological polar surface area (TPSA) is 55.8 Å². The number of nitrogens with one attached hydrogen (secondary N) is 1. The number of aryl methyl sites for hydroxylation is 1. The molecule has 1 saturated heterocycles. The SMILES string of the molecule is CCCc1ccc(NC(=O)CN2CCN(c3ccc(O)cc3)CC2)cc1. The van der Waals surface area contributed by atoms with E-state index >= 15 is 0 Å². The molecule has 0 saturated carbocycles. The zero-order valence-corrected chi connectivity index (χ0v) is 15.3. The van der Waals surface area contributed by atoms with Gasteiger partial charge in [0.2, 0.25) is 5.91 Å². The molecule has 0 atom stereocenters. The Morgan fingerprint density at radius 1 is 1.00 bits per heavy atom. The molecule has 0 bridgehead atoms.